The van der Waals surface area contributed by atoms with Crippen LogP contribution in [0.5, 0.6) is 0 Å². The third kappa shape index (κ3) is 4.97. The first-order valence-electron chi connectivity index (χ1n) is 9.24. The van der Waals surface area contributed by atoms with E-state index in [1.165, 1.54) is 0 Å². The first kappa shape index (κ1) is 20.7. The summed E-state index contributed by atoms with van der Waals surface area (Å²) in [7, 11) is 0. The van der Waals surface area contributed by atoms with Gasteiger partial charge < -0.3 is 10.6 Å². The smallest absolute Gasteiger partial charge is 0.329 e. The van der Waals surface area contributed by atoms with Crippen molar-refractivity contribution in [2.24, 2.45) is 0 Å². The monoisotopic (exact) mass is 444 g/mol. The second-order valence-corrected chi connectivity index (χ2v) is 7.24. The van der Waals surface area contributed by atoms with Crippen LogP contribution >= 0.6 is 11.6 Å². The number of anilines is 1. The fourth-order valence-corrected chi connectivity index (χ4v) is 3.34. The SMILES string of the molecule is O=C(NCC(F)(F)F)Nc1cccc(-c2cnc3cc(-c4cccc(Cl)c4)ccn23)c1. The molecule has 0 spiro atoms. The summed E-state index contributed by atoms with van der Waals surface area (Å²) < 4.78 is 38.6. The number of hydrogen-bond donors (Lipinski definition) is 2. The molecule has 2 amide bonds. The molecule has 4 rings (SSSR count). The van der Waals surface area contributed by atoms with Crippen molar-refractivity contribution >= 4 is 29.0 Å². The van der Waals surface area contributed by atoms with Crippen molar-refractivity contribution in [1.29, 1.82) is 0 Å². The fourth-order valence-electron chi connectivity index (χ4n) is 3.15. The summed E-state index contributed by atoms with van der Waals surface area (Å²) >= 11 is 6.08. The number of rotatable bonds is 4. The average Bonchev–Trinajstić information content (AvgIpc) is 3.15. The van der Waals surface area contributed by atoms with Gasteiger partial charge >= 0.3 is 12.2 Å². The zero-order chi connectivity index (χ0) is 22.0. The molecule has 0 fully saturated rings. The van der Waals surface area contributed by atoms with Crippen molar-refractivity contribution in [3.8, 4) is 22.4 Å². The van der Waals surface area contributed by atoms with Gasteiger partial charge in [0.15, 0.2) is 0 Å². The van der Waals surface area contributed by atoms with Gasteiger partial charge in [-0.05, 0) is 47.5 Å². The number of nitrogens with zero attached hydrogens (tertiary/aromatic N) is 2. The van der Waals surface area contributed by atoms with Crippen LogP contribution in [0.4, 0.5) is 23.7 Å². The van der Waals surface area contributed by atoms with Crippen LogP contribution in [0.1, 0.15) is 0 Å². The summed E-state index contributed by atoms with van der Waals surface area (Å²) in [5.41, 5.74) is 4.53. The van der Waals surface area contributed by atoms with Crippen LogP contribution in [0.2, 0.25) is 5.02 Å². The molecule has 2 heterocycles. The van der Waals surface area contributed by atoms with Crippen LogP contribution in [0, 0.1) is 0 Å². The van der Waals surface area contributed by atoms with E-state index in [4.69, 9.17) is 11.6 Å². The molecule has 0 aliphatic rings. The molecule has 5 nitrogen and oxygen atoms in total. The number of aromatic nitrogens is 2. The largest absolute Gasteiger partial charge is 0.405 e. The van der Waals surface area contributed by atoms with Gasteiger partial charge in [-0.2, -0.15) is 13.2 Å². The molecule has 2 aromatic heterocycles. The molecule has 31 heavy (non-hydrogen) atoms. The number of alkyl halides is 3. The van der Waals surface area contributed by atoms with E-state index >= 15 is 0 Å². The van der Waals surface area contributed by atoms with Gasteiger partial charge in [0.25, 0.3) is 0 Å². The Morgan fingerprint density at radius 2 is 1.74 bits per heavy atom. The summed E-state index contributed by atoms with van der Waals surface area (Å²) in [6.45, 7) is -1.40. The van der Waals surface area contributed by atoms with Gasteiger partial charge in [0, 0.05) is 22.5 Å². The molecule has 4 aromatic rings. The Bertz CT molecular complexity index is 1250. The molecule has 0 atom stereocenters. The molecule has 0 saturated heterocycles. The molecular formula is C22H16ClF3N4O. The highest BCUT2D eigenvalue weighted by Gasteiger charge is 2.27. The predicted octanol–water partition coefficient (Wildman–Crippen LogP) is 6.01. The molecule has 0 bridgehead atoms. The minimum Gasteiger partial charge on any atom is -0.329 e. The van der Waals surface area contributed by atoms with E-state index in [0.717, 1.165) is 22.4 Å². The lowest BCUT2D eigenvalue weighted by Crippen LogP contribution is -2.36. The maximum atomic E-state index is 12.3. The van der Waals surface area contributed by atoms with E-state index in [0.29, 0.717) is 16.4 Å². The third-order valence-corrected chi connectivity index (χ3v) is 4.77. The second-order valence-electron chi connectivity index (χ2n) is 6.80. The number of nitrogens with one attached hydrogen (secondary N) is 2. The van der Waals surface area contributed by atoms with Gasteiger partial charge in [-0.1, -0.05) is 35.9 Å². The normalized spacial score (nSPS) is 11.5. The van der Waals surface area contributed by atoms with Crippen LogP contribution < -0.4 is 10.6 Å². The molecule has 0 radical (unpaired) electrons. The van der Waals surface area contributed by atoms with Crippen LogP contribution in [0.15, 0.2) is 73.1 Å². The van der Waals surface area contributed by atoms with E-state index < -0.39 is 18.8 Å². The van der Waals surface area contributed by atoms with E-state index in [-0.39, 0.29) is 0 Å². The highest BCUT2D eigenvalue weighted by molar-refractivity contribution is 6.30. The minimum atomic E-state index is -4.47. The number of carbonyl (C=O) groups excluding carboxylic acids is 1. The van der Waals surface area contributed by atoms with Crippen molar-refractivity contribution < 1.29 is 18.0 Å². The van der Waals surface area contributed by atoms with Gasteiger partial charge in [0.05, 0.1) is 11.9 Å². The molecule has 0 saturated carbocycles. The summed E-state index contributed by atoms with van der Waals surface area (Å²) in [6, 6.07) is 17.2. The Balaban J connectivity index is 1.58. The summed E-state index contributed by atoms with van der Waals surface area (Å²) in [5, 5.41) is 4.83. The number of amides is 2. The molecule has 0 aliphatic heterocycles. The quantitative estimate of drug-likeness (QED) is 0.405. The lowest BCUT2D eigenvalue weighted by molar-refractivity contribution is -0.122. The molecule has 0 unspecified atom stereocenters. The molecular weight excluding hydrogens is 429 g/mol. The highest BCUT2D eigenvalue weighted by atomic mass is 35.5. The van der Waals surface area contributed by atoms with Gasteiger partial charge in [-0.3, -0.25) is 4.40 Å². The van der Waals surface area contributed by atoms with Gasteiger partial charge in [-0.15, -0.1) is 0 Å². The van der Waals surface area contributed by atoms with Crippen molar-refractivity contribution in [3.05, 3.63) is 78.1 Å². The van der Waals surface area contributed by atoms with Crippen molar-refractivity contribution in [2.75, 3.05) is 11.9 Å². The van der Waals surface area contributed by atoms with E-state index in [9.17, 15) is 18.0 Å². The molecule has 2 aromatic carbocycles. The Morgan fingerprint density at radius 1 is 1.00 bits per heavy atom. The number of benzene rings is 2. The van der Waals surface area contributed by atoms with Crippen molar-refractivity contribution in [3.63, 3.8) is 0 Å². The number of fused-ring (bicyclic) bond motifs is 1. The van der Waals surface area contributed by atoms with Crippen LogP contribution in [0.25, 0.3) is 28.0 Å². The molecule has 9 heteroatoms. The standard InChI is InChI=1S/C22H16ClF3N4O/c23-17-5-1-3-14(9-17)15-7-8-30-19(12-27-20(30)11-15)16-4-2-6-18(10-16)29-21(31)28-13-22(24,25)26/h1-12H,13H2,(H2,28,29,31). The van der Waals surface area contributed by atoms with Gasteiger partial charge in [-0.25, -0.2) is 9.78 Å². The Labute approximate surface area is 180 Å². The number of halogens is 4. The van der Waals surface area contributed by atoms with Crippen molar-refractivity contribution in [2.45, 2.75) is 6.18 Å². The average molecular weight is 445 g/mol. The van der Waals surface area contributed by atoms with Crippen LogP contribution in [0.3, 0.4) is 0 Å². The number of pyridine rings is 1. The second kappa shape index (κ2) is 8.31. The van der Waals surface area contributed by atoms with Gasteiger partial charge in [0.1, 0.15) is 12.2 Å². The number of hydrogen-bond acceptors (Lipinski definition) is 2. The van der Waals surface area contributed by atoms with Gasteiger partial charge in [0.2, 0.25) is 0 Å². The first-order chi connectivity index (χ1) is 14.8. The lowest BCUT2D eigenvalue weighted by Gasteiger charge is -2.11. The van der Waals surface area contributed by atoms with Crippen LogP contribution in [-0.2, 0) is 0 Å². The van der Waals surface area contributed by atoms with E-state index in [2.05, 4.69) is 10.3 Å². The summed E-state index contributed by atoms with van der Waals surface area (Å²) in [6.07, 6.45) is -0.899. The molecule has 0 aliphatic carbocycles. The molecule has 158 valence electrons. The number of carbonyl (C=O) groups is 1. The zero-order valence-electron chi connectivity index (χ0n) is 15.9. The lowest BCUT2D eigenvalue weighted by atomic mass is 10.1. The zero-order valence-corrected chi connectivity index (χ0v) is 16.7. The summed E-state index contributed by atoms with van der Waals surface area (Å²) in [4.78, 5) is 16.2. The van der Waals surface area contributed by atoms with Crippen molar-refractivity contribution in [1.82, 2.24) is 14.7 Å². The summed E-state index contributed by atoms with van der Waals surface area (Å²) in [5.74, 6) is 0. The highest BCUT2D eigenvalue weighted by Crippen LogP contribution is 2.28. The topological polar surface area (TPSA) is 58.4 Å². The van der Waals surface area contributed by atoms with E-state index in [1.54, 1.807) is 29.7 Å². The third-order valence-electron chi connectivity index (χ3n) is 4.54. The molecule has 2 N–H and O–H groups in total. The van der Waals surface area contributed by atoms with E-state index in [1.807, 2.05) is 53.1 Å². The Morgan fingerprint density at radius 3 is 2.52 bits per heavy atom. The first-order valence-corrected chi connectivity index (χ1v) is 9.61. The Hall–Kier alpha value is -3.52. The maximum Gasteiger partial charge on any atom is 0.405 e. The predicted molar refractivity (Wildman–Crippen MR) is 114 cm³/mol. The maximum absolute atomic E-state index is 12.3. The number of imidazole rings is 1. The Kier molecular flexibility index (Phi) is 5.56. The minimum absolute atomic E-state index is 0.364. The van der Waals surface area contributed by atoms with Crippen LogP contribution in [-0.4, -0.2) is 28.1 Å². The number of urea groups is 1. The fraction of sp³-hybridized carbons (Fsp3) is 0.0909.